The second-order valence-electron chi connectivity index (χ2n) is 6.45. The Bertz CT molecular complexity index is 892. The Kier molecular flexibility index (Phi) is 6.38. The van der Waals surface area contributed by atoms with E-state index in [0.29, 0.717) is 22.1 Å². The molecule has 1 amide bonds. The molecule has 140 valence electrons. The van der Waals surface area contributed by atoms with E-state index in [9.17, 15) is 19.6 Å². The van der Waals surface area contributed by atoms with Crippen LogP contribution in [0.25, 0.3) is 0 Å². The van der Waals surface area contributed by atoms with Crippen LogP contribution < -0.4 is 5.32 Å². The third kappa shape index (κ3) is 5.01. The van der Waals surface area contributed by atoms with Crippen molar-refractivity contribution < 1.29 is 14.3 Å². The molecule has 1 saturated carbocycles. The lowest BCUT2D eigenvalue weighted by Gasteiger charge is -2.25. The van der Waals surface area contributed by atoms with Gasteiger partial charge in [-0.1, -0.05) is 11.6 Å². The van der Waals surface area contributed by atoms with Crippen LogP contribution in [0.5, 0.6) is 0 Å². The molecule has 0 aliphatic heterocycles. The summed E-state index contributed by atoms with van der Waals surface area (Å²) in [5.74, 6) is -0.910. The first kappa shape index (κ1) is 19.7. The number of thioether (sulfide) groups is 1. The minimum absolute atomic E-state index is 0.0663. The van der Waals surface area contributed by atoms with Crippen molar-refractivity contribution in [2.24, 2.45) is 0 Å². The van der Waals surface area contributed by atoms with Crippen LogP contribution in [0.3, 0.4) is 0 Å². The van der Waals surface area contributed by atoms with Gasteiger partial charge in [0.15, 0.2) is 0 Å². The highest BCUT2D eigenvalue weighted by atomic mass is 35.5. The molecular weight excluding hydrogens is 387 g/mol. The first-order valence-corrected chi connectivity index (χ1v) is 9.87. The minimum Gasteiger partial charge on any atom is -0.393 e. The summed E-state index contributed by atoms with van der Waals surface area (Å²) < 4.78 is 13.2. The van der Waals surface area contributed by atoms with Gasteiger partial charge in [0.25, 0.3) is 5.91 Å². The number of carbonyl (C=O) groups excluding carboxylic acids is 1. The average molecular weight is 405 g/mol. The molecule has 0 spiro atoms. The molecule has 1 fully saturated rings. The van der Waals surface area contributed by atoms with E-state index < -0.39 is 5.82 Å². The van der Waals surface area contributed by atoms with Crippen LogP contribution in [0.1, 0.15) is 41.6 Å². The molecule has 0 aromatic heterocycles. The van der Waals surface area contributed by atoms with Crippen LogP contribution >= 0.6 is 23.4 Å². The number of nitriles is 1. The second-order valence-corrected chi connectivity index (χ2v) is 8.20. The first-order valence-electron chi connectivity index (χ1n) is 8.61. The number of nitrogens with one attached hydrogen (secondary N) is 1. The minimum atomic E-state index is -0.552. The highest BCUT2D eigenvalue weighted by Crippen LogP contribution is 2.36. The van der Waals surface area contributed by atoms with Gasteiger partial charge in [-0.2, -0.15) is 5.26 Å². The van der Waals surface area contributed by atoms with Crippen LogP contribution in [-0.2, 0) is 0 Å². The van der Waals surface area contributed by atoms with Crippen molar-refractivity contribution in [1.82, 2.24) is 0 Å². The molecule has 3 rings (SSSR count). The van der Waals surface area contributed by atoms with Crippen LogP contribution in [0, 0.1) is 17.1 Å². The first-order chi connectivity index (χ1) is 13.0. The third-order valence-electron chi connectivity index (χ3n) is 4.48. The number of benzene rings is 2. The standard InChI is InChI=1S/C20H18ClFN2O2S/c21-17-10-14(3-8-18(17)22)24-20(26)12-1-2-13(11-23)19(9-12)27-16-6-4-15(25)5-7-16/h1-3,8-10,15-16,25H,4-7H2,(H,24,26). The van der Waals surface area contributed by atoms with E-state index in [2.05, 4.69) is 11.4 Å². The summed E-state index contributed by atoms with van der Waals surface area (Å²) in [4.78, 5) is 13.3. The fourth-order valence-electron chi connectivity index (χ4n) is 2.97. The molecule has 1 aliphatic carbocycles. The maximum Gasteiger partial charge on any atom is 0.255 e. The zero-order chi connectivity index (χ0) is 19.4. The summed E-state index contributed by atoms with van der Waals surface area (Å²) in [5.41, 5.74) is 1.33. The predicted molar refractivity (Wildman–Crippen MR) is 105 cm³/mol. The fourth-order valence-corrected chi connectivity index (χ4v) is 4.46. The van der Waals surface area contributed by atoms with Gasteiger partial charge in [-0.25, -0.2) is 4.39 Å². The van der Waals surface area contributed by atoms with Crippen LogP contribution in [-0.4, -0.2) is 22.4 Å². The van der Waals surface area contributed by atoms with Gasteiger partial charge in [-0.3, -0.25) is 4.79 Å². The molecule has 27 heavy (non-hydrogen) atoms. The molecule has 7 heteroatoms. The summed E-state index contributed by atoms with van der Waals surface area (Å²) in [6.07, 6.45) is 3.02. The van der Waals surface area contributed by atoms with Gasteiger partial charge in [0.1, 0.15) is 11.9 Å². The largest absolute Gasteiger partial charge is 0.393 e. The summed E-state index contributed by atoms with van der Waals surface area (Å²) in [6.45, 7) is 0. The smallest absolute Gasteiger partial charge is 0.255 e. The summed E-state index contributed by atoms with van der Waals surface area (Å²) in [6, 6.07) is 11.1. The molecule has 0 atom stereocenters. The molecule has 0 saturated heterocycles. The molecule has 1 aliphatic rings. The zero-order valence-electron chi connectivity index (χ0n) is 14.4. The number of hydrogen-bond donors (Lipinski definition) is 2. The Morgan fingerprint density at radius 2 is 1.96 bits per heavy atom. The lowest BCUT2D eigenvalue weighted by molar-refractivity contribution is 0.102. The normalized spacial score (nSPS) is 19.3. The second kappa shape index (κ2) is 8.75. The highest BCUT2D eigenvalue weighted by molar-refractivity contribution is 8.00. The molecule has 0 unspecified atom stereocenters. The summed E-state index contributed by atoms with van der Waals surface area (Å²) in [5, 5.41) is 21.9. The molecule has 2 aromatic carbocycles. The summed E-state index contributed by atoms with van der Waals surface area (Å²) in [7, 11) is 0. The maximum atomic E-state index is 13.2. The summed E-state index contributed by atoms with van der Waals surface area (Å²) >= 11 is 7.32. The van der Waals surface area contributed by atoms with Gasteiger partial charge in [0, 0.05) is 21.4 Å². The van der Waals surface area contributed by atoms with Gasteiger partial charge in [-0.05, 0) is 62.1 Å². The lowest BCUT2D eigenvalue weighted by atomic mass is 9.97. The maximum absolute atomic E-state index is 13.2. The Labute approximate surface area is 166 Å². The van der Waals surface area contributed by atoms with Gasteiger partial charge in [0.2, 0.25) is 0 Å². The van der Waals surface area contributed by atoms with E-state index in [4.69, 9.17) is 11.6 Å². The Hall–Kier alpha value is -2.07. The van der Waals surface area contributed by atoms with Gasteiger partial charge < -0.3 is 10.4 Å². The molecule has 4 nitrogen and oxygen atoms in total. The number of aliphatic hydroxyl groups excluding tert-OH is 1. The number of anilines is 1. The van der Waals surface area contributed by atoms with Gasteiger partial charge in [-0.15, -0.1) is 11.8 Å². The van der Waals surface area contributed by atoms with Crippen LogP contribution in [0.2, 0.25) is 5.02 Å². The topological polar surface area (TPSA) is 73.1 Å². The predicted octanol–water partition coefficient (Wildman–Crippen LogP) is 5.00. The SMILES string of the molecule is N#Cc1ccc(C(=O)Nc2ccc(F)c(Cl)c2)cc1SC1CCC(O)CC1. The van der Waals surface area contributed by atoms with Crippen LogP contribution in [0.15, 0.2) is 41.3 Å². The van der Waals surface area contributed by atoms with E-state index in [0.717, 1.165) is 30.6 Å². The van der Waals surface area contributed by atoms with Crippen molar-refractivity contribution in [3.63, 3.8) is 0 Å². The van der Waals surface area contributed by atoms with Crippen molar-refractivity contribution in [1.29, 1.82) is 5.26 Å². The van der Waals surface area contributed by atoms with Crippen molar-refractivity contribution in [3.8, 4) is 6.07 Å². The van der Waals surface area contributed by atoms with Crippen molar-refractivity contribution in [3.05, 3.63) is 58.4 Å². The number of halogens is 2. The fraction of sp³-hybridized carbons (Fsp3) is 0.300. The number of nitrogens with zero attached hydrogens (tertiary/aromatic N) is 1. The Morgan fingerprint density at radius 1 is 1.22 bits per heavy atom. The van der Waals surface area contributed by atoms with E-state index in [1.54, 1.807) is 30.0 Å². The molecule has 2 N–H and O–H groups in total. The number of amides is 1. The van der Waals surface area contributed by atoms with Crippen molar-refractivity contribution in [2.45, 2.75) is 41.9 Å². The van der Waals surface area contributed by atoms with E-state index >= 15 is 0 Å². The van der Waals surface area contributed by atoms with Gasteiger partial charge >= 0.3 is 0 Å². The number of aliphatic hydroxyl groups is 1. The Morgan fingerprint density at radius 3 is 2.63 bits per heavy atom. The lowest BCUT2D eigenvalue weighted by Crippen LogP contribution is -2.19. The number of hydrogen-bond acceptors (Lipinski definition) is 4. The Balaban J connectivity index is 1.76. The quantitative estimate of drug-likeness (QED) is 0.752. The van der Waals surface area contributed by atoms with E-state index in [1.807, 2.05) is 0 Å². The molecule has 0 heterocycles. The molecule has 0 radical (unpaired) electrons. The van der Waals surface area contributed by atoms with Gasteiger partial charge in [0.05, 0.1) is 16.7 Å². The number of rotatable bonds is 4. The van der Waals surface area contributed by atoms with E-state index in [1.165, 1.54) is 18.2 Å². The van der Waals surface area contributed by atoms with Crippen molar-refractivity contribution in [2.75, 3.05) is 5.32 Å². The third-order valence-corrected chi connectivity index (χ3v) is 6.17. The molecule has 2 aromatic rings. The van der Waals surface area contributed by atoms with Crippen molar-refractivity contribution >= 4 is 35.0 Å². The zero-order valence-corrected chi connectivity index (χ0v) is 16.0. The highest BCUT2D eigenvalue weighted by Gasteiger charge is 2.22. The molecular formula is C20H18ClFN2O2S. The monoisotopic (exact) mass is 404 g/mol. The molecule has 0 bridgehead atoms. The average Bonchev–Trinajstić information content (AvgIpc) is 2.66. The number of carbonyl (C=O) groups is 1. The van der Waals surface area contributed by atoms with E-state index in [-0.39, 0.29) is 17.0 Å². The van der Waals surface area contributed by atoms with Crippen LogP contribution in [0.4, 0.5) is 10.1 Å².